The van der Waals surface area contributed by atoms with Crippen LogP contribution in [0.25, 0.3) is 0 Å². The van der Waals surface area contributed by atoms with Gasteiger partial charge in [0.1, 0.15) is 5.75 Å². The van der Waals surface area contributed by atoms with E-state index in [0.29, 0.717) is 17.1 Å². The molecule has 0 radical (unpaired) electrons. The van der Waals surface area contributed by atoms with Crippen LogP contribution in [0.5, 0.6) is 5.75 Å². The van der Waals surface area contributed by atoms with Crippen molar-refractivity contribution < 1.29 is 14.3 Å². The summed E-state index contributed by atoms with van der Waals surface area (Å²) < 4.78 is 5.25. The van der Waals surface area contributed by atoms with Crippen LogP contribution >= 0.6 is 0 Å². The Kier molecular flexibility index (Phi) is 3.20. The number of ether oxygens (including phenoxy) is 1. The summed E-state index contributed by atoms with van der Waals surface area (Å²) in [7, 11) is 0. The summed E-state index contributed by atoms with van der Waals surface area (Å²) in [5.41, 5.74) is 12.0. The van der Waals surface area contributed by atoms with Crippen molar-refractivity contribution >= 4 is 23.2 Å². The number of nitrogen functional groups attached to an aromatic ring is 1. The lowest BCUT2D eigenvalue weighted by Crippen LogP contribution is -2.46. The molecule has 0 aromatic heterocycles. The third kappa shape index (κ3) is 2.02. The van der Waals surface area contributed by atoms with Crippen molar-refractivity contribution in [1.29, 1.82) is 0 Å². The van der Waals surface area contributed by atoms with E-state index in [-0.39, 0.29) is 19.1 Å². The van der Waals surface area contributed by atoms with Crippen LogP contribution in [-0.4, -0.2) is 25.0 Å². The Balaban J connectivity index is 2.44. The molecule has 1 aliphatic rings. The van der Waals surface area contributed by atoms with Crippen LogP contribution in [0.15, 0.2) is 18.2 Å². The number of benzene rings is 1. The van der Waals surface area contributed by atoms with E-state index >= 15 is 0 Å². The first-order valence-corrected chi connectivity index (χ1v) is 5.63. The quantitative estimate of drug-likeness (QED) is 0.725. The van der Waals surface area contributed by atoms with Crippen LogP contribution in [0.3, 0.4) is 0 Å². The molecular weight excluding hydrogens is 234 g/mol. The molecule has 0 bridgehead atoms. The third-order valence-corrected chi connectivity index (χ3v) is 2.82. The first-order chi connectivity index (χ1) is 8.54. The molecule has 0 aliphatic carbocycles. The number of amides is 2. The summed E-state index contributed by atoms with van der Waals surface area (Å²) in [6, 6.07) is 4.85. The molecule has 2 rings (SSSR count). The zero-order valence-corrected chi connectivity index (χ0v) is 10.1. The van der Waals surface area contributed by atoms with Gasteiger partial charge in [-0.3, -0.25) is 9.59 Å². The van der Waals surface area contributed by atoms with Gasteiger partial charge in [0.05, 0.1) is 5.69 Å². The second-order valence-corrected chi connectivity index (χ2v) is 4.22. The maximum Gasteiger partial charge on any atom is 0.271 e. The van der Waals surface area contributed by atoms with Crippen LogP contribution in [0, 0.1) is 5.92 Å². The van der Waals surface area contributed by atoms with Crippen molar-refractivity contribution in [3.63, 3.8) is 0 Å². The number of carbonyl (C=O) groups is 2. The average Bonchev–Trinajstić information content (AvgIpc) is 2.36. The van der Waals surface area contributed by atoms with Crippen LogP contribution in [0.1, 0.15) is 6.92 Å². The Morgan fingerprint density at radius 2 is 2.28 bits per heavy atom. The molecule has 4 N–H and O–H groups in total. The van der Waals surface area contributed by atoms with Crippen LogP contribution in [0.2, 0.25) is 0 Å². The van der Waals surface area contributed by atoms with Gasteiger partial charge in [-0.05, 0) is 18.2 Å². The standard InChI is InChI=1S/C12H15N3O3/c1-7(5-13)12(17)15-9-4-8(14)2-3-10(9)18-6-11(15)16/h2-4,7H,5-6,13-14H2,1H3. The summed E-state index contributed by atoms with van der Waals surface area (Å²) in [6.45, 7) is 1.71. The van der Waals surface area contributed by atoms with Gasteiger partial charge in [-0.1, -0.05) is 6.92 Å². The molecule has 2 amide bonds. The minimum Gasteiger partial charge on any atom is -0.482 e. The van der Waals surface area contributed by atoms with Gasteiger partial charge in [0, 0.05) is 18.2 Å². The largest absolute Gasteiger partial charge is 0.482 e. The van der Waals surface area contributed by atoms with Crippen molar-refractivity contribution in [3.05, 3.63) is 18.2 Å². The molecule has 96 valence electrons. The number of rotatable bonds is 2. The Labute approximate surface area is 104 Å². The zero-order chi connectivity index (χ0) is 13.3. The van der Waals surface area contributed by atoms with Crippen molar-refractivity contribution in [2.24, 2.45) is 11.7 Å². The van der Waals surface area contributed by atoms with Gasteiger partial charge in [0.25, 0.3) is 5.91 Å². The first-order valence-electron chi connectivity index (χ1n) is 5.63. The fourth-order valence-corrected chi connectivity index (χ4v) is 1.73. The fourth-order valence-electron chi connectivity index (χ4n) is 1.73. The second kappa shape index (κ2) is 4.66. The molecule has 1 heterocycles. The number of imide groups is 1. The molecule has 6 nitrogen and oxygen atoms in total. The smallest absolute Gasteiger partial charge is 0.271 e. The van der Waals surface area contributed by atoms with Crippen LogP contribution in [-0.2, 0) is 9.59 Å². The minimum absolute atomic E-state index is 0.153. The molecule has 0 saturated carbocycles. The molecule has 1 aromatic carbocycles. The van der Waals surface area contributed by atoms with Crippen LogP contribution in [0.4, 0.5) is 11.4 Å². The highest BCUT2D eigenvalue weighted by Crippen LogP contribution is 2.34. The van der Waals surface area contributed by atoms with Crippen molar-refractivity contribution in [2.75, 3.05) is 23.8 Å². The van der Waals surface area contributed by atoms with E-state index in [9.17, 15) is 9.59 Å². The molecular formula is C12H15N3O3. The number of hydrogen-bond acceptors (Lipinski definition) is 5. The molecule has 0 spiro atoms. The number of carbonyl (C=O) groups excluding carboxylic acids is 2. The summed E-state index contributed by atoms with van der Waals surface area (Å²) in [4.78, 5) is 25.1. The predicted octanol–water partition coefficient (Wildman–Crippen LogP) is 0.116. The van der Waals surface area contributed by atoms with Crippen molar-refractivity contribution in [1.82, 2.24) is 0 Å². The minimum atomic E-state index is -0.429. The number of anilines is 2. The van der Waals surface area contributed by atoms with E-state index in [1.54, 1.807) is 25.1 Å². The van der Waals surface area contributed by atoms with Crippen molar-refractivity contribution in [3.8, 4) is 5.75 Å². The van der Waals surface area contributed by atoms with Gasteiger partial charge in [-0.2, -0.15) is 0 Å². The van der Waals surface area contributed by atoms with E-state index in [4.69, 9.17) is 16.2 Å². The number of nitrogens with zero attached hydrogens (tertiary/aromatic N) is 1. The molecule has 1 aliphatic heterocycles. The van der Waals surface area contributed by atoms with Gasteiger partial charge in [-0.25, -0.2) is 4.90 Å². The zero-order valence-electron chi connectivity index (χ0n) is 10.1. The highest BCUT2D eigenvalue weighted by atomic mass is 16.5. The summed E-state index contributed by atoms with van der Waals surface area (Å²) in [6.07, 6.45) is 0. The highest BCUT2D eigenvalue weighted by Gasteiger charge is 2.33. The van der Waals surface area contributed by atoms with Gasteiger partial charge in [-0.15, -0.1) is 0 Å². The SMILES string of the molecule is CC(CN)C(=O)N1C(=O)COc2ccc(N)cc21. The topological polar surface area (TPSA) is 98.7 Å². The highest BCUT2D eigenvalue weighted by molar-refractivity contribution is 6.18. The van der Waals surface area contributed by atoms with Gasteiger partial charge in [0.2, 0.25) is 5.91 Å². The summed E-state index contributed by atoms with van der Waals surface area (Å²) >= 11 is 0. The molecule has 6 heteroatoms. The van der Waals surface area contributed by atoms with Gasteiger partial charge < -0.3 is 16.2 Å². The fraction of sp³-hybridized carbons (Fsp3) is 0.333. The molecule has 1 aromatic rings. The third-order valence-electron chi connectivity index (χ3n) is 2.82. The van der Waals surface area contributed by atoms with E-state index in [2.05, 4.69) is 0 Å². The second-order valence-electron chi connectivity index (χ2n) is 4.22. The molecule has 0 saturated heterocycles. The monoisotopic (exact) mass is 249 g/mol. The van der Waals surface area contributed by atoms with E-state index in [0.717, 1.165) is 4.90 Å². The predicted molar refractivity (Wildman–Crippen MR) is 67.1 cm³/mol. The molecule has 1 unspecified atom stereocenters. The average molecular weight is 249 g/mol. The van der Waals surface area contributed by atoms with Crippen LogP contribution < -0.4 is 21.1 Å². The van der Waals surface area contributed by atoms with Crippen molar-refractivity contribution in [2.45, 2.75) is 6.92 Å². The van der Waals surface area contributed by atoms with E-state index in [1.807, 2.05) is 0 Å². The molecule has 0 fully saturated rings. The Bertz CT molecular complexity index is 501. The Hall–Kier alpha value is -2.08. The van der Waals surface area contributed by atoms with Gasteiger partial charge >= 0.3 is 0 Å². The maximum atomic E-state index is 12.1. The molecule has 1 atom stereocenters. The maximum absolute atomic E-state index is 12.1. The number of fused-ring (bicyclic) bond motifs is 1. The summed E-state index contributed by atoms with van der Waals surface area (Å²) in [5, 5.41) is 0. The first kappa shape index (κ1) is 12.4. The molecule has 18 heavy (non-hydrogen) atoms. The van der Waals surface area contributed by atoms with E-state index < -0.39 is 11.8 Å². The number of nitrogens with two attached hydrogens (primary N) is 2. The lowest BCUT2D eigenvalue weighted by Gasteiger charge is -2.29. The Morgan fingerprint density at radius 3 is 2.94 bits per heavy atom. The lowest BCUT2D eigenvalue weighted by molar-refractivity contribution is -0.130. The lowest BCUT2D eigenvalue weighted by atomic mass is 10.1. The summed E-state index contributed by atoms with van der Waals surface area (Å²) in [5.74, 6) is -0.696. The number of hydrogen-bond donors (Lipinski definition) is 2. The Morgan fingerprint density at radius 1 is 1.56 bits per heavy atom. The van der Waals surface area contributed by atoms with E-state index in [1.165, 1.54) is 0 Å². The van der Waals surface area contributed by atoms with Gasteiger partial charge in [0.15, 0.2) is 6.61 Å². The normalized spacial score (nSPS) is 15.9.